The molecule has 7 heteroatoms. The minimum Gasteiger partial charge on any atom is -0.454 e. The molecule has 24 heavy (non-hydrogen) atoms. The molecule has 3 heterocycles. The van der Waals surface area contributed by atoms with Crippen molar-refractivity contribution in [1.82, 2.24) is 14.8 Å². The van der Waals surface area contributed by atoms with Gasteiger partial charge in [-0.15, -0.1) is 0 Å². The predicted octanol–water partition coefficient (Wildman–Crippen LogP) is 2.57. The van der Waals surface area contributed by atoms with E-state index >= 15 is 0 Å². The molecule has 4 rings (SSSR count). The first-order valence-corrected chi connectivity index (χ1v) is 7.55. The van der Waals surface area contributed by atoms with Gasteiger partial charge in [0.05, 0.1) is 17.0 Å². The molecule has 7 nitrogen and oxygen atoms in total. The molecule has 122 valence electrons. The van der Waals surface area contributed by atoms with Crippen LogP contribution in [0.3, 0.4) is 0 Å². The molecule has 1 amide bonds. The summed E-state index contributed by atoms with van der Waals surface area (Å²) in [6.45, 7) is 3.92. The maximum absolute atomic E-state index is 12.6. The van der Waals surface area contributed by atoms with Crippen LogP contribution in [-0.2, 0) is 7.05 Å². The summed E-state index contributed by atoms with van der Waals surface area (Å²) in [5.74, 6) is 1.09. The molecule has 0 aliphatic carbocycles. The number of fused-ring (bicyclic) bond motifs is 2. The Hall–Kier alpha value is -3.09. The molecule has 0 saturated carbocycles. The summed E-state index contributed by atoms with van der Waals surface area (Å²) < 4.78 is 12.3. The number of rotatable bonds is 2. The number of hydrogen-bond acceptors (Lipinski definition) is 5. The molecule has 1 aromatic carbocycles. The van der Waals surface area contributed by atoms with Gasteiger partial charge < -0.3 is 14.8 Å². The lowest BCUT2D eigenvalue weighted by Crippen LogP contribution is -2.14. The van der Waals surface area contributed by atoms with Gasteiger partial charge in [-0.2, -0.15) is 5.10 Å². The molecule has 0 bridgehead atoms. The maximum Gasteiger partial charge on any atom is 0.257 e. The van der Waals surface area contributed by atoms with E-state index in [2.05, 4.69) is 15.4 Å². The van der Waals surface area contributed by atoms with Crippen LogP contribution in [0, 0.1) is 13.8 Å². The largest absolute Gasteiger partial charge is 0.454 e. The lowest BCUT2D eigenvalue weighted by atomic mass is 10.1. The van der Waals surface area contributed by atoms with Crippen molar-refractivity contribution in [3.63, 3.8) is 0 Å². The van der Waals surface area contributed by atoms with E-state index in [1.165, 1.54) is 0 Å². The molecule has 0 radical (unpaired) electrons. The Morgan fingerprint density at radius 2 is 1.96 bits per heavy atom. The normalized spacial score (nSPS) is 12.6. The van der Waals surface area contributed by atoms with Crippen LogP contribution in [0.2, 0.25) is 0 Å². The number of hydrogen-bond donors (Lipinski definition) is 1. The van der Waals surface area contributed by atoms with Gasteiger partial charge in [0.2, 0.25) is 6.79 Å². The number of anilines is 1. The molecule has 0 atom stereocenters. The zero-order valence-corrected chi connectivity index (χ0v) is 13.6. The van der Waals surface area contributed by atoms with E-state index in [0.717, 1.165) is 16.7 Å². The Morgan fingerprint density at radius 3 is 2.79 bits per heavy atom. The molecule has 1 aliphatic rings. The van der Waals surface area contributed by atoms with E-state index in [9.17, 15) is 4.79 Å². The summed E-state index contributed by atoms with van der Waals surface area (Å²) in [5.41, 5.74) is 3.44. The first kappa shape index (κ1) is 14.5. The van der Waals surface area contributed by atoms with E-state index in [1.54, 1.807) is 22.9 Å². The van der Waals surface area contributed by atoms with Crippen LogP contribution >= 0.6 is 0 Å². The first-order valence-electron chi connectivity index (χ1n) is 7.55. The Labute approximate surface area is 138 Å². The SMILES string of the molecule is Cc1nc2c(cc1C(=O)Nc1ccc3c(c1)OCO3)c(C)nn2C. The van der Waals surface area contributed by atoms with E-state index in [1.807, 2.05) is 27.0 Å². The predicted molar refractivity (Wildman–Crippen MR) is 88.5 cm³/mol. The monoisotopic (exact) mass is 324 g/mol. The van der Waals surface area contributed by atoms with E-state index in [0.29, 0.717) is 28.4 Å². The van der Waals surface area contributed by atoms with E-state index in [4.69, 9.17) is 9.47 Å². The van der Waals surface area contributed by atoms with E-state index < -0.39 is 0 Å². The second-order valence-electron chi connectivity index (χ2n) is 5.72. The summed E-state index contributed by atoms with van der Waals surface area (Å²) in [5, 5.41) is 8.10. The molecule has 2 aromatic heterocycles. The summed E-state index contributed by atoms with van der Waals surface area (Å²) >= 11 is 0. The number of aryl methyl sites for hydroxylation is 3. The van der Waals surface area contributed by atoms with Gasteiger partial charge in [-0.3, -0.25) is 9.48 Å². The second-order valence-corrected chi connectivity index (χ2v) is 5.72. The Bertz CT molecular complexity index is 978. The van der Waals surface area contributed by atoms with Gasteiger partial charge in [-0.1, -0.05) is 0 Å². The van der Waals surface area contributed by atoms with Gasteiger partial charge in [0.25, 0.3) is 5.91 Å². The molecule has 0 spiro atoms. The lowest BCUT2D eigenvalue weighted by molar-refractivity contribution is 0.102. The third-order valence-electron chi connectivity index (χ3n) is 4.06. The number of carbonyl (C=O) groups is 1. The van der Waals surface area contributed by atoms with Gasteiger partial charge in [-0.25, -0.2) is 4.98 Å². The summed E-state index contributed by atoms with van der Waals surface area (Å²) in [4.78, 5) is 17.2. The number of pyridine rings is 1. The number of nitrogens with zero attached hydrogens (tertiary/aromatic N) is 3. The Morgan fingerprint density at radius 1 is 1.17 bits per heavy atom. The third kappa shape index (κ3) is 2.25. The van der Waals surface area contributed by atoms with Crippen LogP contribution in [-0.4, -0.2) is 27.5 Å². The zero-order chi connectivity index (χ0) is 16.8. The number of carbonyl (C=O) groups excluding carboxylic acids is 1. The van der Waals surface area contributed by atoms with Crippen molar-refractivity contribution in [3.05, 3.63) is 41.2 Å². The molecule has 3 aromatic rings. The smallest absolute Gasteiger partial charge is 0.257 e. The molecule has 1 aliphatic heterocycles. The average molecular weight is 324 g/mol. The molecule has 1 N–H and O–H groups in total. The molecular formula is C17H16N4O3. The van der Waals surface area contributed by atoms with Gasteiger partial charge in [-0.05, 0) is 32.0 Å². The fourth-order valence-corrected chi connectivity index (χ4v) is 2.83. The van der Waals surface area contributed by atoms with E-state index in [-0.39, 0.29) is 12.7 Å². The number of aromatic nitrogens is 3. The van der Waals surface area contributed by atoms with Crippen molar-refractivity contribution in [2.75, 3.05) is 12.1 Å². The van der Waals surface area contributed by atoms with Crippen LogP contribution in [0.1, 0.15) is 21.7 Å². The van der Waals surface area contributed by atoms with Crippen molar-refractivity contribution >= 4 is 22.6 Å². The second kappa shape index (κ2) is 5.23. The average Bonchev–Trinajstić information content (AvgIpc) is 3.11. The van der Waals surface area contributed by atoms with Crippen LogP contribution in [0.25, 0.3) is 11.0 Å². The number of benzene rings is 1. The van der Waals surface area contributed by atoms with Crippen molar-refractivity contribution in [2.45, 2.75) is 13.8 Å². The topological polar surface area (TPSA) is 78.3 Å². The van der Waals surface area contributed by atoms with Gasteiger partial charge in [0, 0.05) is 24.2 Å². The molecular weight excluding hydrogens is 308 g/mol. The maximum atomic E-state index is 12.6. The Kier molecular flexibility index (Phi) is 3.16. The van der Waals surface area contributed by atoms with Crippen molar-refractivity contribution in [1.29, 1.82) is 0 Å². The first-order chi connectivity index (χ1) is 11.5. The van der Waals surface area contributed by atoms with Crippen molar-refractivity contribution in [2.24, 2.45) is 7.05 Å². The number of amides is 1. The molecule has 0 fully saturated rings. The lowest BCUT2D eigenvalue weighted by Gasteiger charge is -2.08. The number of nitrogens with one attached hydrogen (secondary N) is 1. The summed E-state index contributed by atoms with van der Waals surface area (Å²) in [6.07, 6.45) is 0. The highest BCUT2D eigenvalue weighted by molar-refractivity contribution is 6.07. The Balaban J connectivity index is 1.68. The van der Waals surface area contributed by atoms with Gasteiger partial charge in [0.15, 0.2) is 17.1 Å². The fourth-order valence-electron chi connectivity index (χ4n) is 2.83. The minimum absolute atomic E-state index is 0.201. The van der Waals surface area contributed by atoms with Crippen LogP contribution < -0.4 is 14.8 Å². The standard InChI is InChI=1S/C17H16N4O3/c1-9-13(7-12-10(2)20-21(3)16(12)18-9)17(22)19-11-4-5-14-15(6-11)24-8-23-14/h4-7H,8H2,1-3H3,(H,19,22). The van der Waals surface area contributed by atoms with Crippen LogP contribution in [0.4, 0.5) is 5.69 Å². The minimum atomic E-state index is -0.219. The fraction of sp³-hybridized carbons (Fsp3) is 0.235. The highest BCUT2D eigenvalue weighted by Gasteiger charge is 2.18. The van der Waals surface area contributed by atoms with Gasteiger partial charge in [0.1, 0.15) is 0 Å². The summed E-state index contributed by atoms with van der Waals surface area (Å²) in [6, 6.07) is 7.14. The highest BCUT2D eigenvalue weighted by Crippen LogP contribution is 2.34. The van der Waals surface area contributed by atoms with Gasteiger partial charge >= 0.3 is 0 Å². The van der Waals surface area contributed by atoms with Crippen LogP contribution in [0.5, 0.6) is 11.5 Å². The molecule has 0 unspecified atom stereocenters. The van der Waals surface area contributed by atoms with Crippen molar-refractivity contribution in [3.8, 4) is 11.5 Å². The van der Waals surface area contributed by atoms with Crippen molar-refractivity contribution < 1.29 is 14.3 Å². The quantitative estimate of drug-likeness (QED) is 0.784. The number of ether oxygens (including phenoxy) is 2. The third-order valence-corrected chi connectivity index (χ3v) is 4.06. The summed E-state index contributed by atoms with van der Waals surface area (Å²) in [7, 11) is 1.84. The van der Waals surface area contributed by atoms with Crippen LogP contribution in [0.15, 0.2) is 24.3 Å². The highest BCUT2D eigenvalue weighted by atomic mass is 16.7. The molecule has 0 saturated heterocycles. The zero-order valence-electron chi connectivity index (χ0n) is 13.6.